The third kappa shape index (κ3) is 3.69. The molecule has 7 nitrogen and oxygen atoms in total. The molecule has 23 heavy (non-hydrogen) atoms. The van der Waals surface area contributed by atoms with E-state index in [-0.39, 0.29) is 11.9 Å². The van der Waals surface area contributed by atoms with Crippen molar-refractivity contribution in [2.75, 3.05) is 5.32 Å². The second kappa shape index (κ2) is 6.01. The number of halogens is 3. The lowest BCUT2D eigenvalue weighted by molar-refractivity contribution is -0.142. The average molecular weight is 330 g/mol. The van der Waals surface area contributed by atoms with Gasteiger partial charge >= 0.3 is 6.18 Å². The molecule has 0 aliphatic rings. The van der Waals surface area contributed by atoms with E-state index in [1.807, 2.05) is 0 Å². The van der Waals surface area contributed by atoms with Crippen LogP contribution in [0.5, 0.6) is 0 Å². The predicted octanol–water partition coefficient (Wildman–Crippen LogP) is 1.93. The van der Waals surface area contributed by atoms with E-state index in [9.17, 15) is 18.0 Å². The van der Waals surface area contributed by atoms with Crippen molar-refractivity contribution in [2.45, 2.75) is 39.4 Å². The maximum atomic E-state index is 12.6. The second-order valence-electron chi connectivity index (χ2n) is 5.28. The van der Waals surface area contributed by atoms with Gasteiger partial charge in [-0.2, -0.15) is 28.4 Å². The number of amides is 1. The summed E-state index contributed by atoms with van der Waals surface area (Å²) in [4.78, 5) is 16.2. The summed E-state index contributed by atoms with van der Waals surface area (Å²) in [7, 11) is 1.62. The highest BCUT2D eigenvalue weighted by Gasteiger charge is 2.31. The number of aryl methyl sites for hydroxylation is 2. The zero-order valence-electron chi connectivity index (χ0n) is 13.1. The van der Waals surface area contributed by atoms with Crippen molar-refractivity contribution in [1.82, 2.24) is 24.5 Å². The van der Waals surface area contributed by atoms with Gasteiger partial charge in [0.1, 0.15) is 12.9 Å². The van der Waals surface area contributed by atoms with E-state index in [4.69, 9.17) is 0 Å². The standard InChI is InChI=1S/C13H17F3N6O/c1-7(11(23)19-12-17-6-18-21(12)4)10-8(2)20-22(9(10)3)5-13(14,15)16/h6-7H,5H2,1-4H3,(H,17,18,19,23)/t7-/m0/s1. The van der Waals surface area contributed by atoms with Crippen molar-refractivity contribution < 1.29 is 18.0 Å². The molecule has 0 saturated heterocycles. The predicted molar refractivity (Wildman–Crippen MR) is 75.8 cm³/mol. The van der Waals surface area contributed by atoms with Crippen LogP contribution < -0.4 is 5.32 Å². The van der Waals surface area contributed by atoms with Crippen molar-refractivity contribution >= 4 is 11.9 Å². The Morgan fingerprint density at radius 1 is 1.39 bits per heavy atom. The highest BCUT2D eigenvalue weighted by molar-refractivity contribution is 5.94. The fourth-order valence-electron chi connectivity index (χ4n) is 2.42. The average Bonchev–Trinajstić information content (AvgIpc) is 2.92. The highest BCUT2D eigenvalue weighted by atomic mass is 19.4. The number of carbonyl (C=O) groups excluding carboxylic acids is 1. The quantitative estimate of drug-likeness (QED) is 0.929. The molecule has 0 saturated carbocycles. The lowest BCUT2D eigenvalue weighted by atomic mass is 9.98. The largest absolute Gasteiger partial charge is 0.408 e. The molecule has 0 aliphatic heterocycles. The van der Waals surface area contributed by atoms with Gasteiger partial charge in [0.2, 0.25) is 11.9 Å². The molecule has 1 amide bonds. The van der Waals surface area contributed by atoms with Crippen LogP contribution in [0.4, 0.5) is 19.1 Å². The zero-order valence-corrected chi connectivity index (χ0v) is 13.1. The minimum atomic E-state index is -4.37. The number of nitrogens with one attached hydrogen (secondary N) is 1. The molecule has 0 fully saturated rings. The number of hydrogen-bond acceptors (Lipinski definition) is 4. The number of anilines is 1. The van der Waals surface area contributed by atoms with Crippen molar-refractivity contribution in [3.63, 3.8) is 0 Å². The van der Waals surface area contributed by atoms with E-state index in [0.29, 0.717) is 17.0 Å². The molecule has 0 aliphatic carbocycles. The summed E-state index contributed by atoms with van der Waals surface area (Å²) in [5.74, 6) is -0.799. The van der Waals surface area contributed by atoms with Crippen LogP contribution in [0.25, 0.3) is 0 Å². The number of aromatic nitrogens is 5. The lowest BCUT2D eigenvalue weighted by Crippen LogP contribution is -2.22. The summed E-state index contributed by atoms with van der Waals surface area (Å²) in [6.45, 7) is 3.53. The van der Waals surface area contributed by atoms with Gasteiger partial charge in [-0.25, -0.2) is 4.68 Å². The Balaban J connectivity index is 2.23. The zero-order chi connectivity index (χ0) is 17.4. The first-order chi connectivity index (χ1) is 10.6. The van der Waals surface area contributed by atoms with Gasteiger partial charge in [0, 0.05) is 18.3 Å². The van der Waals surface area contributed by atoms with Gasteiger partial charge in [-0.3, -0.25) is 14.8 Å². The fourth-order valence-corrected chi connectivity index (χ4v) is 2.42. The Morgan fingerprint density at radius 3 is 2.57 bits per heavy atom. The molecule has 1 N–H and O–H groups in total. The SMILES string of the molecule is Cc1nn(CC(F)(F)F)c(C)c1[C@H](C)C(=O)Nc1ncnn1C. The number of nitrogens with zero attached hydrogens (tertiary/aromatic N) is 5. The summed E-state index contributed by atoms with van der Waals surface area (Å²) >= 11 is 0. The summed E-state index contributed by atoms with van der Waals surface area (Å²) in [6, 6.07) is 0. The fraction of sp³-hybridized carbons (Fsp3) is 0.538. The van der Waals surface area contributed by atoms with Crippen LogP contribution in [0, 0.1) is 13.8 Å². The highest BCUT2D eigenvalue weighted by Crippen LogP contribution is 2.27. The number of carbonyl (C=O) groups is 1. The minimum Gasteiger partial charge on any atom is -0.294 e. The maximum absolute atomic E-state index is 12.6. The first-order valence-corrected chi connectivity index (χ1v) is 6.85. The molecular formula is C13H17F3N6O. The second-order valence-corrected chi connectivity index (χ2v) is 5.28. The summed E-state index contributed by atoms with van der Waals surface area (Å²) in [5.41, 5.74) is 1.20. The van der Waals surface area contributed by atoms with Gasteiger partial charge in [-0.05, 0) is 20.8 Å². The molecule has 0 radical (unpaired) electrons. The third-order valence-electron chi connectivity index (χ3n) is 3.54. The number of rotatable bonds is 4. The van der Waals surface area contributed by atoms with Gasteiger partial charge in [-0.1, -0.05) is 0 Å². The van der Waals surface area contributed by atoms with E-state index in [2.05, 4.69) is 20.5 Å². The van der Waals surface area contributed by atoms with Crippen molar-refractivity contribution in [2.24, 2.45) is 7.05 Å². The molecule has 0 unspecified atom stereocenters. The van der Waals surface area contributed by atoms with E-state index >= 15 is 0 Å². The van der Waals surface area contributed by atoms with Crippen molar-refractivity contribution in [3.05, 3.63) is 23.3 Å². The molecule has 0 bridgehead atoms. The van der Waals surface area contributed by atoms with Crippen molar-refractivity contribution in [1.29, 1.82) is 0 Å². The van der Waals surface area contributed by atoms with Crippen LogP contribution in [-0.2, 0) is 18.4 Å². The smallest absolute Gasteiger partial charge is 0.294 e. The molecular weight excluding hydrogens is 313 g/mol. The lowest BCUT2D eigenvalue weighted by Gasteiger charge is -2.13. The third-order valence-corrected chi connectivity index (χ3v) is 3.54. The van der Waals surface area contributed by atoms with Gasteiger partial charge in [0.15, 0.2) is 0 Å². The molecule has 2 aromatic heterocycles. The Kier molecular flexibility index (Phi) is 4.44. The molecule has 1 atom stereocenters. The molecule has 2 rings (SSSR count). The topological polar surface area (TPSA) is 77.6 Å². The van der Waals surface area contributed by atoms with Crippen LogP contribution in [0.1, 0.15) is 29.8 Å². The van der Waals surface area contributed by atoms with Gasteiger partial charge in [0.05, 0.1) is 11.6 Å². The molecule has 2 heterocycles. The Labute approximate surface area is 130 Å². The first-order valence-electron chi connectivity index (χ1n) is 6.85. The van der Waals surface area contributed by atoms with Crippen LogP contribution in [0.2, 0.25) is 0 Å². The molecule has 0 spiro atoms. The van der Waals surface area contributed by atoms with Crippen LogP contribution in [0.3, 0.4) is 0 Å². The van der Waals surface area contributed by atoms with Crippen LogP contribution in [-0.4, -0.2) is 36.6 Å². The summed E-state index contributed by atoms with van der Waals surface area (Å²) in [5, 5.41) is 10.3. The normalized spacial score (nSPS) is 13.2. The molecule has 2 aromatic rings. The Morgan fingerprint density at radius 2 is 2.04 bits per heavy atom. The summed E-state index contributed by atoms with van der Waals surface area (Å²) < 4.78 is 39.9. The van der Waals surface area contributed by atoms with Gasteiger partial charge in [0.25, 0.3) is 0 Å². The van der Waals surface area contributed by atoms with E-state index in [1.165, 1.54) is 17.9 Å². The molecule has 0 aromatic carbocycles. The van der Waals surface area contributed by atoms with E-state index in [1.54, 1.807) is 20.9 Å². The first kappa shape index (κ1) is 17.0. The van der Waals surface area contributed by atoms with E-state index < -0.39 is 18.6 Å². The van der Waals surface area contributed by atoms with Gasteiger partial charge < -0.3 is 0 Å². The number of alkyl halides is 3. The maximum Gasteiger partial charge on any atom is 0.408 e. The van der Waals surface area contributed by atoms with E-state index in [0.717, 1.165) is 4.68 Å². The minimum absolute atomic E-state index is 0.264. The molecule has 10 heteroatoms. The van der Waals surface area contributed by atoms with Gasteiger partial charge in [-0.15, -0.1) is 0 Å². The van der Waals surface area contributed by atoms with Crippen LogP contribution in [0.15, 0.2) is 6.33 Å². The van der Waals surface area contributed by atoms with Crippen molar-refractivity contribution in [3.8, 4) is 0 Å². The summed E-state index contributed by atoms with van der Waals surface area (Å²) in [6.07, 6.45) is -3.08. The monoisotopic (exact) mass is 330 g/mol. The number of hydrogen-bond donors (Lipinski definition) is 1. The van der Waals surface area contributed by atoms with Crippen LogP contribution >= 0.6 is 0 Å². The Hall–Kier alpha value is -2.39. The Bertz CT molecular complexity index is 718. The molecule has 126 valence electrons.